The van der Waals surface area contributed by atoms with Crippen molar-refractivity contribution in [3.8, 4) is 0 Å². The predicted octanol–water partition coefficient (Wildman–Crippen LogP) is 2.01. The molecular weight excluding hydrogens is 190 g/mol. The zero-order valence-electron chi connectivity index (χ0n) is 9.27. The van der Waals surface area contributed by atoms with Gasteiger partial charge in [-0.3, -0.25) is 9.78 Å². The molecule has 15 heavy (non-hydrogen) atoms. The number of pyridine rings is 1. The first-order valence-corrected chi connectivity index (χ1v) is 5.21. The van der Waals surface area contributed by atoms with Gasteiger partial charge in [-0.15, -0.1) is 0 Å². The number of rotatable bonds is 6. The Hall–Kier alpha value is -1.22. The van der Waals surface area contributed by atoms with E-state index >= 15 is 0 Å². The quantitative estimate of drug-likeness (QED) is 0.716. The maximum absolute atomic E-state index is 11.5. The van der Waals surface area contributed by atoms with Crippen LogP contribution < -0.4 is 0 Å². The van der Waals surface area contributed by atoms with Crippen LogP contribution in [0.15, 0.2) is 24.4 Å². The normalized spacial score (nSPS) is 10.6. The third kappa shape index (κ3) is 5.27. The lowest BCUT2D eigenvalue weighted by atomic mass is 10.1. The molecule has 0 atom stereocenters. The zero-order valence-corrected chi connectivity index (χ0v) is 9.27. The molecule has 0 saturated heterocycles. The average Bonchev–Trinajstić information content (AvgIpc) is 2.18. The fraction of sp³-hybridized carbons (Fsp3) is 0.500. The van der Waals surface area contributed by atoms with Crippen molar-refractivity contribution in [3.63, 3.8) is 0 Å². The highest BCUT2D eigenvalue weighted by atomic mass is 16.5. The van der Waals surface area contributed by atoms with Crippen molar-refractivity contribution < 1.29 is 9.53 Å². The molecule has 3 nitrogen and oxygen atoms in total. The number of nitrogens with zero attached hydrogens (tertiary/aromatic N) is 1. The standard InChI is InChI=1S/C12H17NO2/c1-10(2)15-8-6-12(14)9-11-5-3-4-7-13-11/h3-5,7,10H,6,8-9H2,1-2H3. The summed E-state index contributed by atoms with van der Waals surface area (Å²) in [4.78, 5) is 15.6. The van der Waals surface area contributed by atoms with Gasteiger partial charge in [0.05, 0.1) is 12.7 Å². The van der Waals surface area contributed by atoms with Gasteiger partial charge < -0.3 is 4.74 Å². The minimum absolute atomic E-state index is 0.175. The van der Waals surface area contributed by atoms with Crippen LogP contribution in [0.5, 0.6) is 0 Å². The molecule has 0 radical (unpaired) electrons. The molecule has 1 rings (SSSR count). The first-order chi connectivity index (χ1) is 7.18. The van der Waals surface area contributed by atoms with E-state index in [-0.39, 0.29) is 11.9 Å². The molecule has 82 valence electrons. The second-order valence-electron chi connectivity index (χ2n) is 3.71. The summed E-state index contributed by atoms with van der Waals surface area (Å²) in [6, 6.07) is 5.59. The van der Waals surface area contributed by atoms with Crippen molar-refractivity contribution >= 4 is 5.78 Å². The van der Waals surface area contributed by atoms with E-state index in [1.807, 2.05) is 32.0 Å². The van der Waals surface area contributed by atoms with Gasteiger partial charge in [-0.25, -0.2) is 0 Å². The van der Waals surface area contributed by atoms with E-state index in [1.54, 1.807) is 6.20 Å². The SMILES string of the molecule is CC(C)OCCC(=O)Cc1ccccn1. The molecule has 1 heterocycles. The molecule has 0 fully saturated rings. The van der Waals surface area contributed by atoms with Crippen molar-refractivity contribution in [2.75, 3.05) is 6.61 Å². The van der Waals surface area contributed by atoms with Gasteiger partial charge in [0.2, 0.25) is 0 Å². The Kier molecular flexibility index (Phi) is 4.98. The van der Waals surface area contributed by atoms with E-state index in [4.69, 9.17) is 4.74 Å². The molecule has 0 unspecified atom stereocenters. The molecular formula is C12H17NO2. The van der Waals surface area contributed by atoms with Gasteiger partial charge in [-0.1, -0.05) is 6.07 Å². The molecule has 0 bridgehead atoms. The van der Waals surface area contributed by atoms with Gasteiger partial charge in [0.15, 0.2) is 0 Å². The summed E-state index contributed by atoms with van der Waals surface area (Å²) < 4.78 is 5.31. The van der Waals surface area contributed by atoms with Crippen molar-refractivity contribution in [2.24, 2.45) is 0 Å². The summed E-state index contributed by atoms with van der Waals surface area (Å²) in [5.41, 5.74) is 0.826. The molecule has 1 aromatic rings. The van der Waals surface area contributed by atoms with Gasteiger partial charge in [0, 0.05) is 24.7 Å². The Morgan fingerprint density at radius 3 is 2.87 bits per heavy atom. The first kappa shape index (κ1) is 11.9. The number of ketones is 1. The molecule has 0 aromatic carbocycles. The fourth-order valence-corrected chi connectivity index (χ4v) is 1.20. The van der Waals surface area contributed by atoms with Crippen LogP contribution in [-0.4, -0.2) is 23.5 Å². The second kappa shape index (κ2) is 6.30. The van der Waals surface area contributed by atoms with Gasteiger partial charge in [-0.05, 0) is 26.0 Å². The van der Waals surface area contributed by atoms with Crippen LogP contribution in [-0.2, 0) is 16.0 Å². The molecule has 0 N–H and O–H groups in total. The van der Waals surface area contributed by atoms with E-state index in [0.717, 1.165) is 5.69 Å². The summed E-state index contributed by atoms with van der Waals surface area (Å²) >= 11 is 0. The first-order valence-electron chi connectivity index (χ1n) is 5.21. The Morgan fingerprint density at radius 1 is 1.47 bits per heavy atom. The number of carbonyl (C=O) groups excluding carboxylic acids is 1. The highest BCUT2D eigenvalue weighted by Crippen LogP contribution is 1.99. The van der Waals surface area contributed by atoms with Crippen LogP contribution in [0.25, 0.3) is 0 Å². The maximum atomic E-state index is 11.5. The highest BCUT2D eigenvalue weighted by Gasteiger charge is 2.04. The average molecular weight is 207 g/mol. The molecule has 0 aliphatic carbocycles. The van der Waals surface area contributed by atoms with Gasteiger partial charge in [-0.2, -0.15) is 0 Å². The Bertz CT molecular complexity index is 296. The summed E-state index contributed by atoms with van der Waals surface area (Å²) in [6.07, 6.45) is 2.76. The lowest BCUT2D eigenvalue weighted by Crippen LogP contribution is -2.11. The van der Waals surface area contributed by atoms with Crippen molar-refractivity contribution in [1.29, 1.82) is 0 Å². The zero-order chi connectivity index (χ0) is 11.1. The van der Waals surface area contributed by atoms with Crippen molar-refractivity contribution in [2.45, 2.75) is 32.8 Å². The summed E-state index contributed by atoms with van der Waals surface area (Å²) in [5, 5.41) is 0. The maximum Gasteiger partial charge on any atom is 0.141 e. The van der Waals surface area contributed by atoms with Gasteiger partial charge in [0.1, 0.15) is 5.78 Å². The third-order valence-electron chi connectivity index (χ3n) is 1.94. The number of ether oxygens (including phenoxy) is 1. The molecule has 0 spiro atoms. The number of carbonyl (C=O) groups is 1. The number of hydrogen-bond acceptors (Lipinski definition) is 3. The van der Waals surface area contributed by atoms with Crippen LogP contribution in [0, 0.1) is 0 Å². The van der Waals surface area contributed by atoms with E-state index in [1.165, 1.54) is 0 Å². The second-order valence-corrected chi connectivity index (χ2v) is 3.71. The lowest BCUT2D eigenvalue weighted by molar-refractivity contribution is -0.119. The van der Waals surface area contributed by atoms with E-state index < -0.39 is 0 Å². The molecule has 0 amide bonds. The van der Waals surface area contributed by atoms with Crippen LogP contribution in [0.2, 0.25) is 0 Å². The van der Waals surface area contributed by atoms with Gasteiger partial charge >= 0.3 is 0 Å². The molecule has 0 saturated carbocycles. The highest BCUT2D eigenvalue weighted by molar-refractivity contribution is 5.80. The predicted molar refractivity (Wildman–Crippen MR) is 58.7 cm³/mol. The number of hydrogen-bond donors (Lipinski definition) is 0. The summed E-state index contributed by atoms with van der Waals surface area (Å²) in [5.74, 6) is 0.175. The van der Waals surface area contributed by atoms with Crippen molar-refractivity contribution in [1.82, 2.24) is 4.98 Å². The monoisotopic (exact) mass is 207 g/mol. The van der Waals surface area contributed by atoms with Crippen molar-refractivity contribution in [3.05, 3.63) is 30.1 Å². The number of Topliss-reactive ketones (excluding diaryl/α,β-unsaturated/α-hetero) is 1. The summed E-state index contributed by atoms with van der Waals surface area (Å²) in [6.45, 7) is 4.43. The lowest BCUT2D eigenvalue weighted by Gasteiger charge is -2.06. The molecule has 3 heteroatoms. The minimum atomic E-state index is 0.175. The number of aromatic nitrogens is 1. The van der Waals surface area contributed by atoms with Crippen LogP contribution in [0.3, 0.4) is 0 Å². The van der Waals surface area contributed by atoms with Crippen LogP contribution in [0.4, 0.5) is 0 Å². The molecule has 0 aliphatic rings. The van der Waals surface area contributed by atoms with E-state index in [9.17, 15) is 4.79 Å². The topological polar surface area (TPSA) is 39.2 Å². The van der Waals surface area contributed by atoms with Crippen LogP contribution in [0.1, 0.15) is 26.0 Å². The molecule has 0 aliphatic heterocycles. The smallest absolute Gasteiger partial charge is 0.141 e. The Balaban J connectivity index is 2.25. The Morgan fingerprint density at radius 2 is 2.27 bits per heavy atom. The van der Waals surface area contributed by atoms with E-state index in [2.05, 4.69) is 4.98 Å². The largest absolute Gasteiger partial charge is 0.378 e. The Labute approximate surface area is 90.5 Å². The van der Waals surface area contributed by atoms with E-state index in [0.29, 0.717) is 19.4 Å². The fourth-order valence-electron chi connectivity index (χ4n) is 1.20. The third-order valence-corrected chi connectivity index (χ3v) is 1.94. The summed E-state index contributed by atoms with van der Waals surface area (Å²) in [7, 11) is 0. The van der Waals surface area contributed by atoms with Gasteiger partial charge in [0.25, 0.3) is 0 Å². The minimum Gasteiger partial charge on any atom is -0.378 e. The molecule has 1 aromatic heterocycles. The van der Waals surface area contributed by atoms with Crippen LogP contribution >= 0.6 is 0 Å².